The number of likely N-dealkylation sites (N-methyl/N-ethyl adjacent to an activating group) is 1. The third-order valence-corrected chi connectivity index (χ3v) is 7.10. The topological polar surface area (TPSA) is 60.9 Å². The zero-order valence-corrected chi connectivity index (χ0v) is 18.6. The Morgan fingerprint density at radius 2 is 1.55 bits per heavy atom. The van der Waals surface area contributed by atoms with Gasteiger partial charge in [0.1, 0.15) is 6.54 Å². The molecule has 1 saturated heterocycles. The van der Waals surface area contributed by atoms with E-state index in [-0.39, 0.29) is 23.0 Å². The molecule has 0 aliphatic carbocycles. The Kier molecular flexibility index (Phi) is 6.73. The van der Waals surface area contributed by atoms with Crippen LogP contribution in [0.25, 0.3) is 0 Å². The van der Waals surface area contributed by atoms with Crippen LogP contribution in [0.4, 0.5) is 5.69 Å². The predicted molar refractivity (Wildman–Crippen MR) is 116 cm³/mol. The largest absolute Gasteiger partial charge is 0.339 e. The normalized spacial score (nSPS) is 15.4. The van der Waals surface area contributed by atoms with Crippen LogP contribution < -0.4 is 4.31 Å². The quantitative estimate of drug-likeness (QED) is 0.693. The SMILES string of the molecule is Cc1ccc(S(=O)(=O)N(CC(=O)N2CCN(C)CC2)c2cc(Cl)cc(Cl)c2)cc1. The molecule has 0 spiro atoms. The van der Waals surface area contributed by atoms with Gasteiger partial charge in [0.25, 0.3) is 10.0 Å². The predicted octanol–water partition coefficient (Wildman–Crippen LogP) is 3.27. The van der Waals surface area contributed by atoms with Gasteiger partial charge in [-0.05, 0) is 44.3 Å². The molecule has 1 heterocycles. The first-order valence-electron chi connectivity index (χ1n) is 9.18. The highest BCUT2D eigenvalue weighted by atomic mass is 35.5. The molecule has 29 heavy (non-hydrogen) atoms. The lowest BCUT2D eigenvalue weighted by molar-refractivity contribution is -0.131. The van der Waals surface area contributed by atoms with Crippen molar-refractivity contribution in [1.82, 2.24) is 9.80 Å². The zero-order chi connectivity index (χ0) is 21.2. The number of nitrogens with zero attached hydrogens (tertiary/aromatic N) is 3. The summed E-state index contributed by atoms with van der Waals surface area (Å²) in [7, 11) is -2.00. The minimum atomic E-state index is -3.99. The summed E-state index contributed by atoms with van der Waals surface area (Å²) in [5.41, 5.74) is 1.19. The number of hydrogen-bond donors (Lipinski definition) is 0. The number of benzene rings is 2. The number of piperazine rings is 1. The van der Waals surface area contributed by atoms with Gasteiger partial charge in [0, 0.05) is 36.2 Å². The molecule has 2 aromatic carbocycles. The molecule has 0 bridgehead atoms. The van der Waals surface area contributed by atoms with Gasteiger partial charge in [-0.2, -0.15) is 0 Å². The highest BCUT2D eigenvalue weighted by Gasteiger charge is 2.30. The molecule has 9 heteroatoms. The molecular weight excluding hydrogens is 433 g/mol. The lowest BCUT2D eigenvalue weighted by Gasteiger charge is -2.34. The summed E-state index contributed by atoms with van der Waals surface area (Å²) in [5.74, 6) is -0.259. The highest BCUT2D eigenvalue weighted by molar-refractivity contribution is 7.92. The van der Waals surface area contributed by atoms with E-state index in [1.165, 1.54) is 30.3 Å². The van der Waals surface area contributed by atoms with Crippen LogP contribution >= 0.6 is 23.2 Å². The summed E-state index contributed by atoms with van der Waals surface area (Å²) < 4.78 is 27.9. The number of halogens is 2. The van der Waals surface area contributed by atoms with Crippen LogP contribution in [0.3, 0.4) is 0 Å². The number of carbonyl (C=O) groups is 1. The first-order chi connectivity index (χ1) is 13.7. The van der Waals surface area contributed by atoms with E-state index in [0.717, 1.165) is 23.0 Å². The first kappa shape index (κ1) is 21.9. The van der Waals surface area contributed by atoms with E-state index in [1.54, 1.807) is 17.0 Å². The molecule has 0 radical (unpaired) electrons. The second kappa shape index (κ2) is 8.92. The van der Waals surface area contributed by atoms with Crippen LogP contribution in [-0.4, -0.2) is 63.9 Å². The zero-order valence-electron chi connectivity index (χ0n) is 16.3. The molecule has 1 aliphatic rings. The van der Waals surface area contributed by atoms with Gasteiger partial charge in [0.2, 0.25) is 5.91 Å². The van der Waals surface area contributed by atoms with Crippen LogP contribution in [0.1, 0.15) is 5.56 Å². The Labute approximate surface area is 181 Å². The van der Waals surface area contributed by atoms with Crippen LogP contribution in [0.5, 0.6) is 0 Å². The molecule has 0 saturated carbocycles. The second-order valence-corrected chi connectivity index (χ2v) is 9.87. The summed E-state index contributed by atoms with van der Waals surface area (Å²) in [5, 5.41) is 0.590. The van der Waals surface area contributed by atoms with Crippen molar-refractivity contribution in [2.24, 2.45) is 0 Å². The Balaban J connectivity index is 1.97. The van der Waals surface area contributed by atoms with Crippen LogP contribution in [-0.2, 0) is 14.8 Å². The van der Waals surface area contributed by atoms with Crippen LogP contribution in [0.2, 0.25) is 10.0 Å². The molecule has 0 atom stereocenters. The van der Waals surface area contributed by atoms with Crippen molar-refractivity contribution in [3.63, 3.8) is 0 Å². The van der Waals surface area contributed by atoms with Crippen molar-refractivity contribution in [1.29, 1.82) is 0 Å². The van der Waals surface area contributed by atoms with Gasteiger partial charge in [-0.15, -0.1) is 0 Å². The molecule has 2 aromatic rings. The minimum Gasteiger partial charge on any atom is -0.339 e. The minimum absolute atomic E-state index is 0.102. The standard InChI is InChI=1S/C20H23Cl2N3O3S/c1-15-3-5-19(6-4-15)29(27,28)25(18-12-16(21)11-17(22)13-18)14-20(26)24-9-7-23(2)8-10-24/h3-6,11-13H,7-10,14H2,1-2H3. The summed E-state index contributed by atoms with van der Waals surface area (Å²) in [6.45, 7) is 4.17. The molecule has 0 aromatic heterocycles. The van der Waals surface area contributed by atoms with E-state index in [9.17, 15) is 13.2 Å². The van der Waals surface area contributed by atoms with Crippen molar-refractivity contribution in [2.75, 3.05) is 44.1 Å². The van der Waals surface area contributed by atoms with Crippen LogP contribution in [0, 0.1) is 6.92 Å². The Morgan fingerprint density at radius 1 is 1.00 bits per heavy atom. The number of sulfonamides is 1. The van der Waals surface area contributed by atoms with Gasteiger partial charge in [-0.1, -0.05) is 40.9 Å². The smallest absolute Gasteiger partial charge is 0.264 e. The monoisotopic (exact) mass is 455 g/mol. The lowest BCUT2D eigenvalue weighted by Crippen LogP contribution is -2.50. The number of anilines is 1. The summed E-state index contributed by atoms with van der Waals surface area (Å²) >= 11 is 12.2. The fraction of sp³-hybridized carbons (Fsp3) is 0.350. The van der Waals surface area contributed by atoms with E-state index in [2.05, 4.69) is 4.90 Å². The maximum absolute atomic E-state index is 13.4. The molecule has 1 fully saturated rings. The van der Waals surface area contributed by atoms with Crippen molar-refractivity contribution >= 4 is 44.8 Å². The third kappa shape index (κ3) is 5.22. The highest BCUT2D eigenvalue weighted by Crippen LogP contribution is 2.30. The van der Waals surface area contributed by atoms with E-state index in [0.29, 0.717) is 23.1 Å². The molecule has 1 aliphatic heterocycles. The maximum Gasteiger partial charge on any atom is 0.264 e. The Morgan fingerprint density at radius 3 is 2.10 bits per heavy atom. The lowest BCUT2D eigenvalue weighted by atomic mass is 10.2. The van der Waals surface area contributed by atoms with Gasteiger partial charge in [0.15, 0.2) is 0 Å². The van der Waals surface area contributed by atoms with E-state index in [1.807, 2.05) is 14.0 Å². The van der Waals surface area contributed by atoms with E-state index >= 15 is 0 Å². The Hall–Kier alpha value is -1.80. The average Bonchev–Trinajstić information content (AvgIpc) is 2.66. The van der Waals surface area contributed by atoms with Crippen LogP contribution in [0.15, 0.2) is 47.4 Å². The van der Waals surface area contributed by atoms with Crippen molar-refractivity contribution in [3.05, 3.63) is 58.1 Å². The molecule has 0 unspecified atom stereocenters. The number of hydrogen-bond acceptors (Lipinski definition) is 4. The summed E-state index contributed by atoms with van der Waals surface area (Å²) in [4.78, 5) is 16.8. The van der Waals surface area contributed by atoms with Gasteiger partial charge < -0.3 is 9.80 Å². The van der Waals surface area contributed by atoms with Gasteiger partial charge in [0.05, 0.1) is 10.6 Å². The fourth-order valence-electron chi connectivity index (χ4n) is 3.11. The molecule has 3 rings (SSSR count). The Bertz CT molecular complexity index is 968. The second-order valence-electron chi connectivity index (χ2n) is 7.14. The van der Waals surface area contributed by atoms with E-state index < -0.39 is 10.0 Å². The van der Waals surface area contributed by atoms with E-state index in [4.69, 9.17) is 23.2 Å². The number of rotatable bonds is 5. The number of amides is 1. The third-order valence-electron chi connectivity index (χ3n) is 4.88. The fourth-order valence-corrected chi connectivity index (χ4v) is 5.03. The average molecular weight is 456 g/mol. The molecule has 156 valence electrons. The van der Waals surface area contributed by atoms with Crippen molar-refractivity contribution in [2.45, 2.75) is 11.8 Å². The van der Waals surface area contributed by atoms with Gasteiger partial charge in [-0.25, -0.2) is 8.42 Å². The number of aryl methyl sites for hydroxylation is 1. The van der Waals surface area contributed by atoms with Crippen molar-refractivity contribution < 1.29 is 13.2 Å². The maximum atomic E-state index is 13.4. The summed E-state index contributed by atoms with van der Waals surface area (Å²) in [6, 6.07) is 11.0. The number of carbonyl (C=O) groups excluding carboxylic acids is 1. The van der Waals surface area contributed by atoms with Gasteiger partial charge in [-0.3, -0.25) is 9.10 Å². The molecular formula is C20H23Cl2N3O3S. The first-order valence-corrected chi connectivity index (χ1v) is 11.4. The summed E-state index contributed by atoms with van der Waals surface area (Å²) in [6.07, 6.45) is 0. The molecule has 6 nitrogen and oxygen atoms in total. The molecule has 0 N–H and O–H groups in total. The van der Waals surface area contributed by atoms with Gasteiger partial charge >= 0.3 is 0 Å². The molecule has 1 amide bonds. The van der Waals surface area contributed by atoms with Crippen molar-refractivity contribution in [3.8, 4) is 0 Å².